The number of hydrogen-bond acceptors (Lipinski definition) is 2. The molecule has 1 aromatic heterocycles. The highest BCUT2D eigenvalue weighted by Gasteiger charge is 2.06. The zero-order valence-electron chi connectivity index (χ0n) is 5.76. The molecule has 0 unspecified atom stereocenters. The van der Waals surface area contributed by atoms with Gasteiger partial charge >= 0.3 is 5.28 Å². The van der Waals surface area contributed by atoms with E-state index in [1.54, 1.807) is 19.9 Å². The summed E-state index contributed by atoms with van der Waals surface area (Å²) in [7, 11) is 0. The summed E-state index contributed by atoms with van der Waals surface area (Å²) in [6.45, 7) is 3.48. The first-order valence-electron chi connectivity index (χ1n) is 2.84. The van der Waals surface area contributed by atoms with Crippen molar-refractivity contribution in [3.05, 3.63) is 27.9 Å². The molecule has 0 saturated heterocycles. The first kappa shape index (κ1) is 7.28. The van der Waals surface area contributed by atoms with Crippen molar-refractivity contribution in [2.45, 2.75) is 13.8 Å². The van der Waals surface area contributed by atoms with E-state index in [0.717, 1.165) is 5.69 Å². The van der Waals surface area contributed by atoms with E-state index >= 15 is 0 Å². The van der Waals surface area contributed by atoms with Crippen molar-refractivity contribution in [2.24, 2.45) is 0 Å². The molecule has 0 spiro atoms. The van der Waals surface area contributed by atoms with Gasteiger partial charge in [0.1, 0.15) is 5.69 Å². The second-order valence-corrected chi connectivity index (χ2v) is 2.44. The van der Waals surface area contributed by atoms with Gasteiger partial charge in [0.15, 0.2) is 5.69 Å². The molecule has 0 aliphatic carbocycles. The van der Waals surface area contributed by atoms with Crippen LogP contribution in [0.3, 0.4) is 0 Å². The lowest BCUT2D eigenvalue weighted by molar-refractivity contribution is -0.613. The zero-order valence-corrected chi connectivity index (χ0v) is 6.51. The molecule has 0 aromatic carbocycles. The number of rotatable bonds is 0. The fourth-order valence-electron chi connectivity index (χ4n) is 0.730. The molecule has 4 heteroatoms. The van der Waals surface area contributed by atoms with Crippen LogP contribution in [-0.2, 0) is 0 Å². The van der Waals surface area contributed by atoms with Gasteiger partial charge in [0.25, 0.3) is 0 Å². The minimum absolute atomic E-state index is 0.0162. The molecule has 0 aliphatic rings. The van der Waals surface area contributed by atoms with E-state index in [4.69, 9.17) is 11.6 Å². The van der Waals surface area contributed by atoms with E-state index in [-0.39, 0.29) is 5.28 Å². The molecule has 0 fully saturated rings. The number of halogens is 1. The summed E-state index contributed by atoms with van der Waals surface area (Å²) in [5.41, 5.74) is 1.33. The van der Waals surface area contributed by atoms with Gasteiger partial charge in [-0.3, -0.25) is 0 Å². The third-order valence-electron chi connectivity index (χ3n) is 1.17. The standard InChI is InChI=1S/C6H7ClN2O/c1-4-3-5(2)9(10)6(7)8-4/h3H,1-2H3. The minimum atomic E-state index is -0.0162. The average molecular weight is 159 g/mol. The predicted octanol–water partition coefficient (Wildman–Crippen LogP) is 0.985. The molecule has 10 heavy (non-hydrogen) atoms. The number of nitrogens with zero attached hydrogens (tertiary/aromatic N) is 2. The third kappa shape index (κ3) is 1.19. The van der Waals surface area contributed by atoms with Crippen LogP contribution in [0.25, 0.3) is 0 Å². The summed E-state index contributed by atoms with van der Waals surface area (Å²) in [6.07, 6.45) is 0. The molecule has 0 radical (unpaired) electrons. The van der Waals surface area contributed by atoms with Gasteiger partial charge in [-0.05, 0) is 11.9 Å². The maximum absolute atomic E-state index is 10.8. The fourth-order valence-corrected chi connectivity index (χ4v) is 0.996. The molecular weight excluding hydrogens is 152 g/mol. The van der Waals surface area contributed by atoms with Crippen molar-refractivity contribution in [3.8, 4) is 0 Å². The molecule has 0 aliphatic heterocycles. The second kappa shape index (κ2) is 2.42. The maximum Gasteiger partial charge on any atom is 0.399 e. The molecule has 0 amide bonds. The summed E-state index contributed by atoms with van der Waals surface area (Å²) in [5, 5.41) is 10.8. The SMILES string of the molecule is Cc1cc(C)[n+]([O-])c(Cl)n1. The normalized spacial score (nSPS) is 9.90. The summed E-state index contributed by atoms with van der Waals surface area (Å²) in [4.78, 5) is 3.75. The van der Waals surface area contributed by atoms with Crippen molar-refractivity contribution in [2.75, 3.05) is 0 Å². The van der Waals surface area contributed by atoms with Gasteiger partial charge in [-0.25, -0.2) is 4.73 Å². The Bertz CT molecular complexity index is 239. The van der Waals surface area contributed by atoms with E-state index in [2.05, 4.69) is 4.98 Å². The van der Waals surface area contributed by atoms with Crippen molar-refractivity contribution in [3.63, 3.8) is 0 Å². The van der Waals surface area contributed by atoms with E-state index in [0.29, 0.717) is 10.4 Å². The second-order valence-electron chi connectivity index (χ2n) is 2.10. The van der Waals surface area contributed by atoms with Gasteiger partial charge in [0.05, 0.1) is 0 Å². The van der Waals surface area contributed by atoms with Crippen LogP contribution in [0.4, 0.5) is 0 Å². The first-order chi connectivity index (χ1) is 4.61. The molecule has 1 rings (SSSR count). The first-order valence-corrected chi connectivity index (χ1v) is 3.22. The van der Waals surface area contributed by atoms with Crippen LogP contribution in [0.5, 0.6) is 0 Å². The molecule has 0 N–H and O–H groups in total. The highest BCUT2D eigenvalue weighted by atomic mass is 35.5. The van der Waals surface area contributed by atoms with Crippen LogP contribution in [0, 0.1) is 19.1 Å². The van der Waals surface area contributed by atoms with E-state index in [1.165, 1.54) is 0 Å². The summed E-state index contributed by atoms with van der Waals surface area (Å²) in [5.74, 6) is 0. The van der Waals surface area contributed by atoms with E-state index < -0.39 is 0 Å². The van der Waals surface area contributed by atoms with E-state index in [1.807, 2.05) is 0 Å². The van der Waals surface area contributed by atoms with Gasteiger partial charge < -0.3 is 5.21 Å². The topological polar surface area (TPSA) is 39.8 Å². The number of aryl methyl sites for hydroxylation is 2. The maximum atomic E-state index is 10.8. The molecule has 0 saturated carbocycles. The van der Waals surface area contributed by atoms with Gasteiger partial charge in [-0.2, -0.15) is 0 Å². The van der Waals surface area contributed by atoms with Crippen LogP contribution in [0.1, 0.15) is 11.4 Å². The van der Waals surface area contributed by atoms with Crippen LogP contribution in [0.15, 0.2) is 6.07 Å². The molecular formula is C6H7ClN2O. The van der Waals surface area contributed by atoms with Crippen molar-refractivity contribution < 1.29 is 4.73 Å². The Labute approximate surface area is 63.9 Å². The van der Waals surface area contributed by atoms with Gasteiger partial charge in [-0.1, -0.05) is 0 Å². The highest BCUT2D eigenvalue weighted by molar-refractivity contribution is 6.27. The molecule has 3 nitrogen and oxygen atoms in total. The quantitative estimate of drug-likeness (QED) is 0.321. The highest BCUT2D eigenvalue weighted by Crippen LogP contribution is 2.00. The van der Waals surface area contributed by atoms with Gasteiger partial charge in [-0.15, -0.1) is 0 Å². The summed E-state index contributed by atoms with van der Waals surface area (Å²) >= 11 is 5.46. The average Bonchev–Trinajstić information content (AvgIpc) is 1.82. The minimum Gasteiger partial charge on any atom is -0.710 e. The molecule has 1 aromatic rings. The van der Waals surface area contributed by atoms with Gasteiger partial charge in [0.2, 0.25) is 0 Å². The Kier molecular flexibility index (Phi) is 1.76. The Hall–Kier alpha value is -0.830. The van der Waals surface area contributed by atoms with Crippen LogP contribution in [0.2, 0.25) is 5.28 Å². The number of hydrogen-bond donors (Lipinski definition) is 0. The van der Waals surface area contributed by atoms with Crippen LogP contribution < -0.4 is 4.73 Å². The van der Waals surface area contributed by atoms with E-state index in [9.17, 15) is 5.21 Å². The third-order valence-corrected chi connectivity index (χ3v) is 1.41. The predicted molar refractivity (Wildman–Crippen MR) is 37.7 cm³/mol. The van der Waals surface area contributed by atoms with Crippen molar-refractivity contribution in [1.29, 1.82) is 0 Å². The fraction of sp³-hybridized carbons (Fsp3) is 0.333. The molecule has 54 valence electrons. The lowest BCUT2D eigenvalue weighted by Crippen LogP contribution is -2.32. The van der Waals surface area contributed by atoms with Crippen LogP contribution >= 0.6 is 11.6 Å². The molecule has 0 atom stereocenters. The Morgan fingerprint density at radius 1 is 1.60 bits per heavy atom. The summed E-state index contributed by atoms with van der Waals surface area (Å²) in [6, 6.07) is 1.68. The van der Waals surface area contributed by atoms with Crippen LogP contribution in [-0.4, -0.2) is 4.98 Å². The Morgan fingerprint density at radius 3 is 2.70 bits per heavy atom. The van der Waals surface area contributed by atoms with Crippen molar-refractivity contribution in [1.82, 2.24) is 4.98 Å². The lowest BCUT2D eigenvalue weighted by Gasteiger charge is -2.04. The largest absolute Gasteiger partial charge is 0.710 e. The molecule has 0 bridgehead atoms. The number of aromatic nitrogens is 2. The van der Waals surface area contributed by atoms with Crippen molar-refractivity contribution >= 4 is 11.6 Å². The monoisotopic (exact) mass is 158 g/mol. The van der Waals surface area contributed by atoms with Gasteiger partial charge in [0, 0.05) is 24.6 Å². The lowest BCUT2D eigenvalue weighted by atomic mass is 10.4. The summed E-state index contributed by atoms with van der Waals surface area (Å²) < 4.78 is 0.592. The molecule has 1 heterocycles. The Morgan fingerprint density at radius 2 is 2.20 bits per heavy atom. The zero-order chi connectivity index (χ0) is 7.72. The Balaban J connectivity index is 3.31. The smallest absolute Gasteiger partial charge is 0.399 e.